The van der Waals surface area contributed by atoms with E-state index in [1.54, 1.807) is 25.1 Å². The first-order valence-electron chi connectivity index (χ1n) is 7.05. The lowest BCUT2D eigenvalue weighted by molar-refractivity contribution is -0.122. The van der Waals surface area contributed by atoms with E-state index in [0.717, 1.165) is 0 Å². The van der Waals surface area contributed by atoms with Gasteiger partial charge in [0.25, 0.3) is 5.91 Å². The minimum Gasteiger partial charge on any atom is -0.479 e. The van der Waals surface area contributed by atoms with E-state index in [4.69, 9.17) is 10.5 Å². The van der Waals surface area contributed by atoms with Gasteiger partial charge in [-0.2, -0.15) is 0 Å². The summed E-state index contributed by atoms with van der Waals surface area (Å²) in [5, 5.41) is 5.49. The van der Waals surface area contributed by atoms with Crippen molar-refractivity contribution < 1.29 is 14.3 Å². The largest absolute Gasteiger partial charge is 0.479 e. The minimum atomic E-state index is -0.549. The predicted molar refractivity (Wildman–Crippen MR) is 88.5 cm³/mol. The van der Waals surface area contributed by atoms with Crippen LogP contribution in [0.25, 0.3) is 0 Å². The lowest BCUT2D eigenvalue weighted by Crippen LogP contribution is -2.37. The zero-order valence-electron chi connectivity index (χ0n) is 12.9. The molecule has 1 aliphatic rings. The second-order valence-electron chi connectivity index (χ2n) is 5.69. The Morgan fingerprint density at radius 1 is 1.45 bits per heavy atom. The van der Waals surface area contributed by atoms with Crippen LogP contribution in [0.4, 0.5) is 11.4 Å². The SMILES string of the molecule is CC(C)C[C@H](N)C(=O)Nc1ccc2c(c1)NC(=O)C(C)O2.Cl. The molecule has 7 heteroatoms. The van der Waals surface area contributed by atoms with Crippen molar-refractivity contribution in [1.29, 1.82) is 0 Å². The van der Waals surface area contributed by atoms with Gasteiger partial charge in [-0.15, -0.1) is 12.4 Å². The van der Waals surface area contributed by atoms with Gasteiger partial charge in [0.15, 0.2) is 6.10 Å². The van der Waals surface area contributed by atoms with Crippen LogP contribution in [0.1, 0.15) is 27.2 Å². The fraction of sp³-hybridized carbons (Fsp3) is 0.467. The molecule has 2 atom stereocenters. The summed E-state index contributed by atoms with van der Waals surface area (Å²) in [6, 6.07) is 4.56. The number of rotatable bonds is 4. The van der Waals surface area contributed by atoms with Crippen molar-refractivity contribution in [2.45, 2.75) is 39.3 Å². The van der Waals surface area contributed by atoms with Gasteiger partial charge in [0, 0.05) is 5.69 Å². The molecule has 2 rings (SSSR count). The van der Waals surface area contributed by atoms with Crippen LogP contribution in [0.3, 0.4) is 0 Å². The van der Waals surface area contributed by atoms with Crippen LogP contribution < -0.4 is 21.1 Å². The number of fused-ring (bicyclic) bond motifs is 1. The van der Waals surface area contributed by atoms with E-state index in [2.05, 4.69) is 10.6 Å². The predicted octanol–water partition coefficient (Wildman–Crippen LogP) is 2.14. The fourth-order valence-electron chi connectivity index (χ4n) is 2.14. The average molecular weight is 328 g/mol. The van der Waals surface area contributed by atoms with E-state index in [1.807, 2.05) is 13.8 Å². The normalized spacial score (nSPS) is 17.7. The van der Waals surface area contributed by atoms with Gasteiger partial charge in [0.2, 0.25) is 5.91 Å². The number of carbonyl (C=O) groups is 2. The Hall–Kier alpha value is -1.79. The number of carbonyl (C=O) groups excluding carboxylic acids is 2. The molecule has 1 heterocycles. The first kappa shape index (κ1) is 18.3. The number of nitrogens with two attached hydrogens (primary N) is 1. The molecule has 1 aliphatic heterocycles. The van der Waals surface area contributed by atoms with Crippen LogP contribution in [-0.4, -0.2) is 24.0 Å². The Bertz CT molecular complexity index is 563. The second-order valence-corrected chi connectivity index (χ2v) is 5.69. The molecule has 0 aliphatic carbocycles. The average Bonchev–Trinajstić information content (AvgIpc) is 2.39. The summed E-state index contributed by atoms with van der Waals surface area (Å²) in [6.45, 7) is 5.71. The molecule has 4 N–H and O–H groups in total. The topological polar surface area (TPSA) is 93.5 Å². The quantitative estimate of drug-likeness (QED) is 0.789. The molecule has 0 spiro atoms. The van der Waals surface area contributed by atoms with Crippen molar-refractivity contribution in [2.24, 2.45) is 11.7 Å². The van der Waals surface area contributed by atoms with E-state index < -0.39 is 12.1 Å². The number of benzene rings is 1. The second kappa shape index (κ2) is 7.47. The van der Waals surface area contributed by atoms with E-state index in [-0.39, 0.29) is 24.2 Å². The Morgan fingerprint density at radius 2 is 2.14 bits per heavy atom. The van der Waals surface area contributed by atoms with Gasteiger partial charge in [-0.1, -0.05) is 13.8 Å². The number of nitrogens with one attached hydrogen (secondary N) is 2. The van der Waals surface area contributed by atoms with Crippen LogP contribution in [0.15, 0.2) is 18.2 Å². The Kier molecular flexibility index (Phi) is 6.20. The van der Waals surface area contributed by atoms with Gasteiger partial charge in [-0.3, -0.25) is 9.59 Å². The molecule has 0 aromatic heterocycles. The van der Waals surface area contributed by atoms with Crippen LogP contribution in [-0.2, 0) is 9.59 Å². The molecule has 2 amide bonds. The van der Waals surface area contributed by atoms with Crippen molar-refractivity contribution in [3.8, 4) is 5.75 Å². The van der Waals surface area contributed by atoms with Crippen molar-refractivity contribution in [3.63, 3.8) is 0 Å². The van der Waals surface area contributed by atoms with Crippen LogP contribution >= 0.6 is 12.4 Å². The van der Waals surface area contributed by atoms with Crippen LogP contribution in [0, 0.1) is 5.92 Å². The van der Waals surface area contributed by atoms with E-state index in [0.29, 0.717) is 29.5 Å². The number of anilines is 2. The third-order valence-electron chi connectivity index (χ3n) is 3.24. The molecule has 0 saturated heterocycles. The molecule has 0 saturated carbocycles. The van der Waals surface area contributed by atoms with Crippen LogP contribution in [0.2, 0.25) is 0 Å². The highest BCUT2D eigenvalue weighted by atomic mass is 35.5. The third kappa shape index (κ3) is 4.35. The number of hydrogen-bond acceptors (Lipinski definition) is 4. The molecule has 0 radical (unpaired) electrons. The Labute approximate surface area is 136 Å². The number of halogens is 1. The standard InChI is InChI=1S/C15H21N3O3.ClH/c1-8(2)6-11(16)15(20)17-10-4-5-13-12(7-10)18-14(19)9(3)21-13;/h4-5,7-9,11H,6,16H2,1-3H3,(H,17,20)(H,18,19);1H/t9?,11-;/m0./s1. The maximum Gasteiger partial charge on any atom is 0.265 e. The highest BCUT2D eigenvalue weighted by Crippen LogP contribution is 2.32. The van der Waals surface area contributed by atoms with Crippen molar-refractivity contribution in [1.82, 2.24) is 0 Å². The first-order valence-corrected chi connectivity index (χ1v) is 7.05. The van der Waals surface area contributed by atoms with Crippen molar-refractivity contribution in [3.05, 3.63) is 18.2 Å². The molecule has 0 fully saturated rings. The maximum atomic E-state index is 12.0. The molecule has 6 nitrogen and oxygen atoms in total. The molecule has 1 aromatic rings. The Balaban J connectivity index is 0.00000242. The zero-order chi connectivity index (χ0) is 15.6. The molecular formula is C15H22ClN3O3. The summed E-state index contributed by atoms with van der Waals surface area (Å²) in [6.07, 6.45) is 0.103. The molecule has 22 heavy (non-hydrogen) atoms. The molecular weight excluding hydrogens is 306 g/mol. The molecule has 0 bridgehead atoms. The monoisotopic (exact) mass is 327 g/mol. The van der Waals surface area contributed by atoms with Gasteiger partial charge in [0.1, 0.15) is 5.75 Å². The van der Waals surface area contributed by atoms with Crippen molar-refractivity contribution in [2.75, 3.05) is 10.6 Å². The third-order valence-corrected chi connectivity index (χ3v) is 3.24. The highest BCUT2D eigenvalue weighted by Gasteiger charge is 2.24. The summed E-state index contributed by atoms with van der Waals surface area (Å²) >= 11 is 0. The Morgan fingerprint density at radius 3 is 2.77 bits per heavy atom. The summed E-state index contributed by atoms with van der Waals surface area (Å²) in [7, 11) is 0. The smallest absolute Gasteiger partial charge is 0.265 e. The lowest BCUT2D eigenvalue weighted by atomic mass is 10.0. The van der Waals surface area contributed by atoms with Crippen LogP contribution in [0.5, 0.6) is 5.75 Å². The molecule has 1 aromatic carbocycles. The minimum absolute atomic E-state index is 0. The first-order chi connectivity index (χ1) is 9.86. The molecule has 1 unspecified atom stereocenters. The fourth-order valence-corrected chi connectivity index (χ4v) is 2.14. The highest BCUT2D eigenvalue weighted by molar-refractivity contribution is 5.99. The number of ether oxygens (including phenoxy) is 1. The van der Waals surface area contributed by atoms with E-state index in [9.17, 15) is 9.59 Å². The van der Waals surface area contributed by atoms with E-state index in [1.165, 1.54) is 0 Å². The number of hydrogen-bond donors (Lipinski definition) is 3. The number of amides is 2. The van der Waals surface area contributed by atoms with Gasteiger partial charge in [0.05, 0.1) is 11.7 Å². The van der Waals surface area contributed by atoms with Gasteiger partial charge < -0.3 is 21.1 Å². The maximum absolute atomic E-state index is 12.0. The zero-order valence-corrected chi connectivity index (χ0v) is 13.7. The van der Waals surface area contributed by atoms with E-state index >= 15 is 0 Å². The van der Waals surface area contributed by atoms with Gasteiger partial charge in [-0.25, -0.2) is 0 Å². The van der Waals surface area contributed by atoms with Gasteiger partial charge >= 0.3 is 0 Å². The summed E-state index contributed by atoms with van der Waals surface area (Å²) in [5.41, 5.74) is 6.97. The lowest BCUT2D eigenvalue weighted by Gasteiger charge is -2.24. The summed E-state index contributed by atoms with van der Waals surface area (Å²) in [4.78, 5) is 23.6. The summed E-state index contributed by atoms with van der Waals surface area (Å²) < 4.78 is 5.45. The van der Waals surface area contributed by atoms with Crippen molar-refractivity contribution >= 4 is 35.6 Å². The molecule has 122 valence electrons. The van der Waals surface area contributed by atoms with Gasteiger partial charge in [-0.05, 0) is 37.5 Å². The summed E-state index contributed by atoms with van der Waals surface area (Å²) in [5.74, 6) is 0.498.